The summed E-state index contributed by atoms with van der Waals surface area (Å²) in [4.78, 5) is 41.8. The van der Waals surface area contributed by atoms with Gasteiger partial charge in [-0.05, 0) is 49.6 Å². The van der Waals surface area contributed by atoms with Gasteiger partial charge in [0.25, 0.3) is 0 Å². The maximum Gasteiger partial charge on any atom is 0.305 e. The number of esters is 1. The van der Waals surface area contributed by atoms with Crippen molar-refractivity contribution >= 4 is 22.9 Å². The third kappa shape index (κ3) is 18.6. The Labute approximate surface area is 313 Å². The minimum atomic E-state index is -0.340. The second-order valence-electron chi connectivity index (χ2n) is 14.4. The first-order valence-corrected chi connectivity index (χ1v) is 20.7. The predicted molar refractivity (Wildman–Crippen MR) is 210 cm³/mol. The molecule has 2 aliphatic rings. The third-order valence-corrected chi connectivity index (χ3v) is 9.69. The van der Waals surface area contributed by atoms with E-state index in [-0.39, 0.29) is 42.7 Å². The average molecular weight is 722 g/mol. The first kappa shape index (κ1) is 43.3. The molecule has 0 aromatic heterocycles. The van der Waals surface area contributed by atoms with Gasteiger partial charge in [-0.3, -0.25) is 14.4 Å². The number of nitrogens with zero attached hydrogens (tertiary/aromatic N) is 1. The highest BCUT2D eigenvalue weighted by atomic mass is 16.6. The molecular weight excluding hydrogens is 654 g/mol. The molecule has 8 nitrogen and oxygen atoms in total. The van der Waals surface area contributed by atoms with Crippen molar-refractivity contribution in [3.63, 3.8) is 0 Å². The van der Waals surface area contributed by atoms with Gasteiger partial charge in [0.2, 0.25) is 0 Å². The van der Waals surface area contributed by atoms with Crippen LogP contribution in [-0.4, -0.2) is 49.3 Å². The van der Waals surface area contributed by atoms with Crippen molar-refractivity contribution in [1.82, 2.24) is 4.98 Å². The van der Waals surface area contributed by atoms with Crippen LogP contribution in [0.5, 0.6) is 0 Å². The molecule has 0 unspecified atom stereocenters. The summed E-state index contributed by atoms with van der Waals surface area (Å²) >= 11 is 0. The number of Topliss-reactive ketones (excluding diaryl/α,β-unsaturated/α-hetero) is 1. The van der Waals surface area contributed by atoms with Gasteiger partial charge in [-0.25, -0.2) is 4.98 Å². The molecule has 0 fully saturated rings. The smallest absolute Gasteiger partial charge is 0.305 e. The molecule has 8 heteroatoms. The summed E-state index contributed by atoms with van der Waals surface area (Å²) in [5.41, 5.74) is 1.92. The molecule has 0 radical (unpaired) electrons. The number of hydrogen-bond acceptors (Lipinski definition) is 8. The topological polar surface area (TPSA) is 105 Å². The summed E-state index contributed by atoms with van der Waals surface area (Å²) in [6, 6.07) is 9.55. The van der Waals surface area contributed by atoms with Gasteiger partial charge in [-0.2, -0.15) is 0 Å². The van der Waals surface area contributed by atoms with Crippen molar-refractivity contribution in [2.75, 3.05) is 26.4 Å². The van der Waals surface area contributed by atoms with Crippen molar-refractivity contribution in [3.05, 3.63) is 52.2 Å². The second-order valence-corrected chi connectivity index (χ2v) is 14.4. The summed E-state index contributed by atoms with van der Waals surface area (Å²) in [5.74, 6) is -0.0596. The quantitative estimate of drug-likeness (QED) is 0.0271. The first-order valence-electron chi connectivity index (χ1n) is 20.7. The molecule has 1 aliphatic carbocycles. The van der Waals surface area contributed by atoms with E-state index >= 15 is 0 Å². The zero-order chi connectivity index (χ0) is 37.1. The Bertz CT molecular complexity index is 1420. The number of fused-ring (bicyclic) bond motifs is 2. The molecule has 290 valence electrons. The minimum absolute atomic E-state index is 0.0966. The van der Waals surface area contributed by atoms with Gasteiger partial charge in [0.1, 0.15) is 23.9 Å². The zero-order valence-corrected chi connectivity index (χ0v) is 32.4. The lowest BCUT2D eigenvalue weighted by atomic mass is 10.0. The van der Waals surface area contributed by atoms with Crippen molar-refractivity contribution in [2.45, 2.75) is 168 Å². The highest BCUT2D eigenvalue weighted by Gasteiger charge is 2.16. The molecule has 0 saturated carbocycles. The number of ether oxygens (including phenoxy) is 3. The third-order valence-electron chi connectivity index (χ3n) is 9.69. The summed E-state index contributed by atoms with van der Waals surface area (Å²) in [7, 11) is 0. The van der Waals surface area contributed by atoms with Crippen molar-refractivity contribution in [3.8, 4) is 11.5 Å². The summed E-state index contributed by atoms with van der Waals surface area (Å²) in [6.07, 6.45) is 25.9. The fourth-order valence-corrected chi connectivity index (χ4v) is 6.46. The van der Waals surface area contributed by atoms with Gasteiger partial charge in [0.05, 0.1) is 6.61 Å². The molecule has 1 aliphatic heterocycles. The molecule has 3 rings (SSSR count). The molecule has 1 aromatic carbocycles. The molecule has 52 heavy (non-hydrogen) atoms. The average Bonchev–Trinajstić information content (AvgIpc) is 3.14. The highest BCUT2D eigenvalue weighted by Crippen LogP contribution is 2.25. The van der Waals surface area contributed by atoms with E-state index in [0.717, 1.165) is 19.3 Å². The van der Waals surface area contributed by atoms with Crippen LogP contribution in [0.25, 0.3) is 22.6 Å². The molecule has 1 heterocycles. The van der Waals surface area contributed by atoms with Crippen molar-refractivity contribution in [1.29, 1.82) is 0 Å². The number of benzene rings is 2. The Hall–Kier alpha value is -3.10. The molecule has 0 amide bonds. The van der Waals surface area contributed by atoms with Crippen LogP contribution in [-0.2, 0) is 19.0 Å². The maximum atomic E-state index is 12.9. The molecule has 0 saturated heterocycles. The summed E-state index contributed by atoms with van der Waals surface area (Å²) in [6.45, 7) is 6.41. The molecule has 1 aromatic rings. The van der Waals surface area contributed by atoms with Gasteiger partial charge in [0, 0.05) is 37.7 Å². The monoisotopic (exact) mass is 721 g/mol. The lowest BCUT2D eigenvalue weighted by Crippen LogP contribution is -2.28. The Morgan fingerprint density at radius 2 is 1.25 bits per heavy atom. The summed E-state index contributed by atoms with van der Waals surface area (Å²) < 4.78 is 23.6. The highest BCUT2D eigenvalue weighted by molar-refractivity contribution is 5.98. The van der Waals surface area contributed by atoms with Crippen LogP contribution in [0.1, 0.15) is 172 Å². The van der Waals surface area contributed by atoms with E-state index in [2.05, 4.69) is 18.8 Å². The number of carbonyl (C=O) groups is 2. The second kappa shape index (κ2) is 27.5. The van der Waals surface area contributed by atoms with Crippen LogP contribution >= 0.6 is 0 Å². The van der Waals surface area contributed by atoms with Crippen LogP contribution in [0.15, 0.2) is 45.6 Å². The van der Waals surface area contributed by atoms with E-state index in [4.69, 9.17) is 18.6 Å². The standard InChI is InChI=1S/C44H67NO7/c1-3-5-7-9-11-13-15-17-19-21-30-49-34-38(50-31-22-20-18-16-14-12-10-8-6-4-2)35-51-44(48)25-23-24-41(47)36-26-28-39-42(32-36)52-43-33-37(46)27-29-40(43)45-39/h26-29,32-33,38H,3-25,30-31,34-35H2,1-2H3/t38-/m0/s1. The SMILES string of the molecule is CCCCCCCCCCCCOC[C@@H](COC(=O)CCCC(=O)c1ccc2nc3ccc(=O)cc-3oc2c1)OCCCCCCCCCCCC. The first-order chi connectivity index (χ1) is 25.5. The molecule has 0 spiro atoms. The Morgan fingerprint density at radius 1 is 0.654 bits per heavy atom. The molecule has 1 atom stereocenters. The molecule has 0 N–H and O–H groups in total. The Morgan fingerprint density at radius 3 is 1.88 bits per heavy atom. The number of hydrogen-bond donors (Lipinski definition) is 0. The minimum Gasteiger partial charge on any atom is -0.463 e. The largest absolute Gasteiger partial charge is 0.463 e. The Kier molecular flexibility index (Phi) is 22.9. The van der Waals surface area contributed by atoms with Gasteiger partial charge in [0.15, 0.2) is 22.6 Å². The van der Waals surface area contributed by atoms with E-state index in [9.17, 15) is 14.4 Å². The van der Waals surface area contributed by atoms with E-state index in [1.54, 1.807) is 24.3 Å². The Balaban J connectivity index is 1.34. The number of unbranched alkanes of at least 4 members (excludes halogenated alkanes) is 18. The lowest BCUT2D eigenvalue weighted by molar-refractivity contribution is -0.150. The zero-order valence-electron chi connectivity index (χ0n) is 32.4. The fraction of sp³-hybridized carbons (Fsp3) is 0.682. The maximum absolute atomic E-state index is 12.9. The van der Waals surface area contributed by atoms with Crippen molar-refractivity contribution in [2.24, 2.45) is 0 Å². The van der Waals surface area contributed by atoms with Crippen molar-refractivity contribution < 1.29 is 28.2 Å². The number of rotatable bonds is 32. The number of ketones is 1. The van der Waals surface area contributed by atoms with E-state index < -0.39 is 0 Å². The normalized spacial score (nSPS) is 12.1. The van der Waals surface area contributed by atoms with Crippen LogP contribution in [0, 0.1) is 0 Å². The van der Waals surface area contributed by atoms with Gasteiger partial charge < -0.3 is 18.6 Å². The van der Waals surface area contributed by atoms with Crippen LogP contribution < -0.4 is 5.43 Å². The molecular formula is C44H67NO7. The predicted octanol–water partition coefficient (Wildman–Crippen LogP) is 11.4. The summed E-state index contributed by atoms with van der Waals surface area (Å²) in [5, 5.41) is 0. The number of carbonyl (C=O) groups excluding carboxylic acids is 2. The van der Waals surface area contributed by atoms with Gasteiger partial charge in [-0.15, -0.1) is 0 Å². The molecule has 0 bridgehead atoms. The van der Waals surface area contributed by atoms with Gasteiger partial charge in [-0.1, -0.05) is 129 Å². The van der Waals surface area contributed by atoms with Crippen LogP contribution in [0.3, 0.4) is 0 Å². The van der Waals surface area contributed by atoms with Crippen LogP contribution in [0.4, 0.5) is 0 Å². The van der Waals surface area contributed by atoms with E-state index in [1.807, 2.05) is 0 Å². The number of aromatic nitrogens is 1. The van der Waals surface area contributed by atoms with E-state index in [0.29, 0.717) is 54.4 Å². The van der Waals surface area contributed by atoms with Gasteiger partial charge >= 0.3 is 5.97 Å². The van der Waals surface area contributed by atoms with Crippen LogP contribution in [0.2, 0.25) is 0 Å². The van der Waals surface area contributed by atoms with E-state index in [1.165, 1.54) is 121 Å². The fourth-order valence-electron chi connectivity index (χ4n) is 6.46. The lowest BCUT2D eigenvalue weighted by Gasteiger charge is -2.18.